The molecular formula is C11H19NO7S. The number of aliphatic hydroxyl groups excluding tert-OH is 1. The maximum Gasteiger partial charge on any atom is 0.333 e. The molecule has 0 spiro atoms. The lowest BCUT2D eigenvalue weighted by Crippen LogP contribution is -2.43. The largest absolute Gasteiger partial charge is 0.392 e. The summed E-state index contributed by atoms with van der Waals surface area (Å²) in [6.07, 6.45) is -0.947. The molecule has 1 saturated heterocycles. The number of hydrogen-bond donors (Lipinski definition) is 1. The average molecular weight is 309 g/mol. The number of likely N-dealkylation sites (tertiary alicyclic amines) is 1. The minimum atomic E-state index is -3.75. The van der Waals surface area contributed by atoms with Gasteiger partial charge in [0.15, 0.2) is 0 Å². The van der Waals surface area contributed by atoms with E-state index < -0.39 is 40.3 Å². The molecule has 0 radical (unpaired) electrons. The van der Waals surface area contributed by atoms with Gasteiger partial charge in [-0.25, -0.2) is 4.79 Å². The maximum absolute atomic E-state index is 11.8. The van der Waals surface area contributed by atoms with Gasteiger partial charge in [0.2, 0.25) is 0 Å². The van der Waals surface area contributed by atoms with Crippen LogP contribution < -0.4 is 0 Å². The molecule has 1 rings (SSSR count). The van der Waals surface area contributed by atoms with Crippen molar-refractivity contribution in [1.29, 1.82) is 0 Å². The fraction of sp³-hybridized carbons (Fsp3) is 0.818. The van der Waals surface area contributed by atoms with Crippen molar-refractivity contribution in [2.75, 3.05) is 19.8 Å². The molecule has 116 valence electrons. The third kappa shape index (κ3) is 4.51. The van der Waals surface area contributed by atoms with E-state index in [-0.39, 0.29) is 13.0 Å². The monoisotopic (exact) mass is 309 g/mol. The molecule has 0 bridgehead atoms. The van der Waals surface area contributed by atoms with Gasteiger partial charge in [-0.05, 0) is 13.5 Å². The molecule has 20 heavy (non-hydrogen) atoms. The van der Waals surface area contributed by atoms with Crippen LogP contribution in [0.4, 0.5) is 0 Å². The topological polar surface area (TPSA) is 110 Å². The molecule has 0 aromatic rings. The molecule has 1 aliphatic rings. The summed E-state index contributed by atoms with van der Waals surface area (Å²) in [5, 5.41) is 9.95. The van der Waals surface area contributed by atoms with E-state index >= 15 is 0 Å². The van der Waals surface area contributed by atoms with Crippen molar-refractivity contribution in [3.63, 3.8) is 0 Å². The fourth-order valence-corrected chi connectivity index (χ4v) is 2.65. The molecule has 0 aromatic heterocycles. The zero-order valence-electron chi connectivity index (χ0n) is 11.6. The number of nitrogens with zero attached hydrogens (tertiary/aromatic N) is 1. The summed E-state index contributed by atoms with van der Waals surface area (Å²) < 4.78 is 31.4. The summed E-state index contributed by atoms with van der Waals surface area (Å²) in [4.78, 5) is 24.5. The number of ether oxygens (including phenoxy) is 1. The van der Waals surface area contributed by atoms with Crippen LogP contribution >= 0.6 is 0 Å². The molecular weight excluding hydrogens is 290 g/mol. The normalized spacial score (nSPS) is 27.5. The van der Waals surface area contributed by atoms with Crippen LogP contribution in [0, 0.1) is 0 Å². The number of aliphatic hydroxyl groups is 1. The highest BCUT2D eigenvalue weighted by molar-refractivity contribution is 7.86. The number of hydrogen-bond acceptors (Lipinski definition) is 8. The van der Waals surface area contributed by atoms with Crippen LogP contribution in [0.15, 0.2) is 0 Å². The minimum absolute atomic E-state index is 0.0377. The first kappa shape index (κ1) is 17.0. The molecule has 8 nitrogen and oxygen atoms in total. The lowest BCUT2D eigenvalue weighted by Gasteiger charge is -2.19. The highest BCUT2D eigenvalue weighted by Crippen LogP contribution is 2.22. The summed E-state index contributed by atoms with van der Waals surface area (Å²) in [5.74, 6) is -1.58. The van der Waals surface area contributed by atoms with Crippen molar-refractivity contribution in [3.8, 4) is 0 Å². The predicted octanol–water partition coefficient (Wildman–Crippen LogP) is -1.12. The zero-order chi connectivity index (χ0) is 15.5. The van der Waals surface area contributed by atoms with E-state index in [9.17, 15) is 23.1 Å². The van der Waals surface area contributed by atoms with Gasteiger partial charge in [-0.15, -0.1) is 0 Å². The van der Waals surface area contributed by atoms with Crippen molar-refractivity contribution < 1.29 is 32.0 Å². The molecule has 0 aromatic carbocycles. The zero-order valence-corrected chi connectivity index (χ0v) is 12.4. The quantitative estimate of drug-likeness (QED) is 0.386. The Labute approximate surface area is 117 Å². The van der Waals surface area contributed by atoms with Crippen LogP contribution in [0.5, 0.6) is 0 Å². The standard InChI is InChI=1S/C11H19NO7S/c1-4-5-8(13)18-11(15)9-10(14)7(6-12(9)2)19-20(3,16)17/h7,9-10,14H,4-6H2,1-3H3. The first-order chi connectivity index (χ1) is 9.15. The van der Waals surface area contributed by atoms with E-state index in [0.717, 1.165) is 6.26 Å². The van der Waals surface area contributed by atoms with Crippen molar-refractivity contribution in [3.05, 3.63) is 0 Å². The summed E-state index contributed by atoms with van der Waals surface area (Å²) in [7, 11) is -2.25. The Morgan fingerprint density at radius 3 is 2.50 bits per heavy atom. The van der Waals surface area contributed by atoms with Gasteiger partial charge in [0.25, 0.3) is 10.1 Å². The second kappa shape index (κ2) is 6.61. The van der Waals surface area contributed by atoms with Crippen LogP contribution in [0.2, 0.25) is 0 Å². The van der Waals surface area contributed by atoms with Crippen molar-refractivity contribution in [2.24, 2.45) is 0 Å². The second-order valence-corrected chi connectivity index (χ2v) is 6.36. The highest BCUT2D eigenvalue weighted by Gasteiger charge is 2.46. The summed E-state index contributed by atoms with van der Waals surface area (Å²) in [6.45, 7) is 1.80. The van der Waals surface area contributed by atoms with Gasteiger partial charge in [-0.3, -0.25) is 13.9 Å². The van der Waals surface area contributed by atoms with Crippen LogP contribution in [0.3, 0.4) is 0 Å². The Balaban J connectivity index is 2.71. The van der Waals surface area contributed by atoms with Crippen LogP contribution in [0.1, 0.15) is 19.8 Å². The number of carbonyl (C=O) groups excluding carboxylic acids is 2. The molecule has 0 amide bonds. The molecule has 0 aliphatic carbocycles. The van der Waals surface area contributed by atoms with Gasteiger partial charge < -0.3 is 9.84 Å². The van der Waals surface area contributed by atoms with Crippen molar-refractivity contribution in [1.82, 2.24) is 4.90 Å². The van der Waals surface area contributed by atoms with E-state index in [0.29, 0.717) is 6.42 Å². The number of likely N-dealkylation sites (N-methyl/N-ethyl adjacent to an activating group) is 1. The third-order valence-electron chi connectivity index (χ3n) is 2.86. The van der Waals surface area contributed by atoms with E-state index in [1.165, 1.54) is 11.9 Å². The molecule has 0 saturated carbocycles. The molecule has 3 unspecified atom stereocenters. The van der Waals surface area contributed by atoms with Crippen LogP contribution in [0.25, 0.3) is 0 Å². The van der Waals surface area contributed by atoms with Gasteiger partial charge in [0, 0.05) is 13.0 Å². The highest BCUT2D eigenvalue weighted by atomic mass is 32.2. The number of rotatable bonds is 5. The first-order valence-corrected chi connectivity index (χ1v) is 7.98. The Morgan fingerprint density at radius 2 is 2.00 bits per heavy atom. The molecule has 9 heteroatoms. The van der Waals surface area contributed by atoms with Crippen molar-refractivity contribution in [2.45, 2.75) is 38.0 Å². The number of esters is 2. The Hall–Kier alpha value is -1.03. The van der Waals surface area contributed by atoms with Crippen molar-refractivity contribution >= 4 is 22.1 Å². The van der Waals surface area contributed by atoms with Gasteiger partial charge in [0.1, 0.15) is 18.2 Å². The summed E-state index contributed by atoms with van der Waals surface area (Å²) in [5.41, 5.74) is 0. The molecule has 1 fully saturated rings. The molecule has 1 aliphatic heterocycles. The SMILES string of the molecule is CCCC(=O)OC(=O)C1C(O)C(OS(C)(=O)=O)CN1C. The lowest BCUT2D eigenvalue weighted by atomic mass is 10.1. The van der Waals surface area contributed by atoms with Gasteiger partial charge in [-0.1, -0.05) is 6.92 Å². The third-order valence-corrected chi connectivity index (χ3v) is 3.45. The van der Waals surface area contributed by atoms with Crippen LogP contribution in [-0.4, -0.2) is 68.5 Å². The fourth-order valence-electron chi connectivity index (χ4n) is 2.03. The number of carbonyl (C=O) groups is 2. The predicted molar refractivity (Wildman–Crippen MR) is 68.1 cm³/mol. The summed E-state index contributed by atoms with van der Waals surface area (Å²) in [6, 6.07) is -1.12. The van der Waals surface area contributed by atoms with E-state index in [4.69, 9.17) is 4.18 Å². The van der Waals surface area contributed by atoms with Gasteiger partial charge in [0.05, 0.1) is 6.26 Å². The smallest absolute Gasteiger partial charge is 0.333 e. The van der Waals surface area contributed by atoms with Gasteiger partial charge >= 0.3 is 11.9 Å². The minimum Gasteiger partial charge on any atom is -0.392 e. The van der Waals surface area contributed by atoms with E-state index in [1.54, 1.807) is 6.92 Å². The van der Waals surface area contributed by atoms with E-state index in [2.05, 4.69) is 4.74 Å². The Kier molecular flexibility index (Phi) is 5.63. The lowest BCUT2D eigenvalue weighted by molar-refractivity contribution is -0.164. The Bertz CT molecular complexity index is 475. The maximum atomic E-state index is 11.8. The second-order valence-electron chi connectivity index (χ2n) is 4.76. The molecule has 3 atom stereocenters. The van der Waals surface area contributed by atoms with Crippen LogP contribution in [-0.2, 0) is 28.6 Å². The first-order valence-electron chi connectivity index (χ1n) is 6.16. The molecule has 1 heterocycles. The summed E-state index contributed by atoms with van der Waals surface area (Å²) >= 11 is 0. The van der Waals surface area contributed by atoms with E-state index in [1.807, 2.05) is 0 Å². The molecule has 1 N–H and O–H groups in total. The Morgan fingerprint density at radius 1 is 1.40 bits per heavy atom. The van der Waals surface area contributed by atoms with Gasteiger partial charge in [-0.2, -0.15) is 8.42 Å². The average Bonchev–Trinajstić information content (AvgIpc) is 2.51.